The van der Waals surface area contributed by atoms with Crippen molar-refractivity contribution in [3.8, 4) is 0 Å². The number of nitrogens with one attached hydrogen (secondary N) is 1. The summed E-state index contributed by atoms with van der Waals surface area (Å²) in [4.78, 5) is 11.0. The topological polar surface area (TPSA) is 83.5 Å². The third-order valence-electron chi connectivity index (χ3n) is 2.92. The van der Waals surface area contributed by atoms with Gasteiger partial charge in [0.2, 0.25) is 10.0 Å². The van der Waals surface area contributed by atoms with Crippen molar-refractivity contribution in [2.45, 2.75) is 37.6 Å². The smallest absolute Gasteiger partial charge is 0.324 e. The molecule has 0 heterocycles. The first-order valence-corrected chi connectivity index (χ1v) is 7.52. The highest BCUT2D eigenvalue weighted by Crippen LogP contribution is 2.24. The highest BCUT2D eigenvalue weighted by atomic mass is 35.5. The Kier molecular flexibility index (Phi) is 4.60. The summed E-state index contributed by atoms with van der Waals surface area (Å²) >= 11 is 5.90. The predicted molar refractivity (Wildman–Crippen MR) is 72.8 cm³/mol. The molecule has 0 aliphatic carbocycles. The fraction of sp³-hybridized carbons (Fsp3) is 0.417. The predicted octanol–water partition coefficient (Wildman–Crippen LogP) is 2.18. The summed E-state index contributed by atoms with van der Waals surface area (Å²) in [5.41, 5.74) is -0.743. The Labute approximate surface area is 117 Å². The lowest BCUT2D eigenvalue weighted by Crippen LogP contribution is -2.51. The van der Waals surface area contributed by atoms with Crippen molar-refractivity contribution in [2.24, 2.45) is 0 Å². The molecule has 0 amide bonds. The fourth-order valence-electron chi connectivity index (χ4n) is 1.44. The molecule has 1 unspecified atom stereocenters. The average Bonchev–Trinajstić information content (AvgIpc) is 2.27. The van der Waals surface area contributed by atoms with E-state index in [4.69, 9.17) is 16.7 Å². The molecule has 1 atom stereocenters. The van der Waals surface area contributed by atoms with Gasteiger partial charge >= 0.3 is 5.97 Å². The van der Waals surface area contributed by atoms with Crippen molar-refractivity contribution < 1.29 is 18.3 Å². The Morgan fingerprint density at radius 2 is 2.05 bits per heavy atom. The van der Waals surface area contributed by atoms with Gasteiger partial charge in [-0.15, -0.1) is 0 Å². The molecule has 0 aliphatic rings. The Balaban J connectivity index is 3.22. The molecule has 0 fully saturated rings. The SMILES string of the molecule is CCC(C)(NS(=O)(=O)c1ccc(C)cc1Cl)C(=O)O. The molecule has 0 aliphatic heterocycles. The van der Waals surface area contributed by atoms with Crippen molar-refractivity contribution in [3.63, 3.8) is 0 Å². The zero-order chi connectivity index (χ0) is 14.8. The van der Waals surface area contributed by atoms with E-state index in [0.717, 1.165) is 5.56 Å². The van der Waals surface area contributed by atoms with Crippen molar-refractivity contribution in [2.75, 3.05) is 0 Å². The second-order valence-corrected chi connectivity index (χ2v) is 6.59. The van der Waals surface area contributed by atoms with E-state index in [1.54, 1.807) is 19.9 Å². The number of aliphatic carboxylic acids is 1. The van der Waals surface area contributed by atoms with Crippen molar-refractivity contribution in [1.82, 2.24) is 4.72 Å². The summed E-state index contributed by atoms with van der Waals surface area (Å²) < 4.78 is 26.6. The molecule has 0 bridgehead atoms. The number of sulfonamides is 1. The van der Waals surface area contributed by atoms with E-state index in [-0.39, 0.29) is 16.3 Å². The van der Waals surface area contributed by atoms with Gasteiger partial charge in [-0.05, 0) is 38.0 Å². The van der Waals surface area contributed by atoms with E-state index in [1.807, 2.05) is 0 Å². The number of carbonyl (C=O) groups is 1. The number of aryl methyl sites for hydroxylation is 1. The van der Waals surface area contributed by atoms with Crippen LogP contribution in [0.5, 0.6) is 0 Å². The number of hydrogen-bond acceptors (Lipinski definition) is 3. The van der Waals surface area contributed by atoms with Crippen molar-refractivity contribution in [1.29, 1.82) is 0 Å². The monoisotopic (exact) mass is 305 g/mol. The Morgan fingerprint density at radius 3 is 2.47 bits per heavy atom. The molecule has 0 saturated heterocycles. The standard InChI is InChI=1S/C12H16ClNO4S/c1-4-12(3,11(15)16)14-19(17,18)10-6-5-8(2)7-9(10)13/h5-7,14H,4H2,1-3H3,(H,15,16). The molecular formula is C12H16ClNO4S. The third kappa shape index (κ3) is 3.46. The van der Waals surface area contributed by atoms with Crippen LogP contribution < -0.4 is 4.72 Å². The molecule has 19 heavy (non-hydrogen) atoms. The molecule has 1 aromatic carbocycles. The molecular weight excluding hydrogens is 290 g/mol. The van der Waals surface area contributed by atoms with Crippen LogP contribution in [0, 0.1) is 6.92 Å². The Hall–Kier alpha value is -1.11. The first-order valence-electron chi connectivity index (χ1n) is 5.66. The maximum absolute atomic E-state index is 12.2. The van der Waals surface area contributed by atoms with Gasteiger partial charge in [0.05, 0.1) is 5.02 Å². The summed E-state index contributed by atoms with van der Waals surface area (Å²) in [5, 5.41) is 9.16. The van der Waals surface area contributed by atoms with Crippen LogP contribution in [0.2, 0.25) is 5.02 Å². The molecule has 2 N–H and O–H groups in total. The van der Waals surface area contributed by atoms with E-state index in [2.05, 4.69) is 4.72 Å². The van der Waals surface area contributed by atoms with Gasteiger partial charge in [-0.25, -0.2) is 8.42 Å². The van der Waals surface area contributed by atoms with Crippen LogP contribution in [0.15, 0.2) is 23.1 Å². The number of carboxylic acids is 1. The summed E-state index contributed by atoms with van der Waals surface area (Å²) in [7, 11) is -3.99. The first kappa shape index (κ1) is 15.9. The number of hydrogen-bond donors (Lipinski definition) is 2. The molecule has 0 spiro atoms. The van der Waals surface area contributed by atoms with Crippen LogP contribution in [-0.2, 0) is 14.8 Å². The van der Waals surface area contributed by atoms with E-state index in [9.17, 15) is 13.2 Å². The Bertz CT molecular complexity index is 600. The van der Waals surface area contributed by atoms with E-state index in [0.29, 0.717) is 0 Å². The molecule has 0 saturated carbocycles. The largest absolute Gasteiger partial charge is 0.480 e. The molecule has 1 rings (SSSR count). The highest BCUT2D eigenvalue weighted by molar-refractivity contribution is 7.89. The van der Waals surface area contributed by atoms with Gasteiger partial charge < -0.3 is 5.11 Å². The lowest BCUT2D eigenvalue weighted by atomic mass is 10.0. The number of carboxylic acid groups (broad SMARTS) is 1. The summed E-state index contributed by atoms with van der Waals surface area (Å²) in [6.45, 7) is 4.69. The van der Waals surface area contributed by atoms with E-state index >= 15 is 0 Å². The number of halogens is 1. The molecule has 7 heteroatoms. The summed E-state index contributed by atoms with van der Waals surface area (Å²) in [6, 6.07) is 4.47. The van der Waals surface area contributed by atoms with Gasteiger partial charge in [-0.2, -0.15) is 4.72 Å². The normalized spacial score (nSPS) is 14.9. The van der Waals surface area contributed by atoms with Crippen LogP contribution >= 0.6 is 11.6 Å². The van der Waals surface area contributed by atoms with Gasteiger partial charge in [0.15, 0.2) is 0 Å². The molecule has 0 radical (unpaired) electrons. The van der Waals surface area contributed by atoms with E-state index in [1.165, 1.54) is 19.1 Å². The fourth-order valence-corrected chi connectivity index (χ4v) is 3.48. The van der Waals surface area contributed by atoms with Gasteiger partial charge in [0.1, 0.15) is 10.4 Å². The molecule has 0 aromatic heterocycles. The van der Waals surface area contributed by atoms with Crippen LogP contribution in [0.25, 0.3) is 0 Å². The minimum atomic E-state index is -3.99. The number of rotatable bonds is 5. The lowest BCUT2D eigenvalue weighted by Gasteiger charge is -2.24. The minimum Gasteiger partial charge on any atom is -0.480 e. The van der Waals surface area contributed by atoms with Crippen LogP contribution in [0.1, 0.15) is 25.8 Å². The van der Waals surface area contributed by atoms with Gasteiger partial charge in [-0.1, -0.05) is 24.6 Å². The lowest BCUT2D eigenvalue weighted by molar-refractivity contribution is -0.143. The molecule has 106 valence electrons. The quantitative estimate of drug-likeness (QED) is 0.873. The summed E-state index contributed by atoms with van der Waals surface area (Å²) in [5.74, 6) is -1.23. The number of benzene rings is 1. The average molecular weight is 306 g/mol. The summed E-state index contributed by atoms with van der Waals surface area (Å²) in [6.07, 6.45) is 0.116. The second kappa shape index (κ2) is 5.48. The minimum absolute atomic E-state index is 0.0661. The van der Waals surface area contributed by atoms with Crippen molar-refractivity contribution >= 4 is 27.6 Å². The molecule has 5 nitrogen and oxygen atoms in total. The van der Waals surface area contributed by atoms with Crippen LogP contribution in [0.3, 0.4) is 0 Å². The van der Waals surface area contributed by atoms with Crippen LogP contribution in [-0.4, -0.2) is 25.0 Å². The first-order chi connectivity index (χ1) is 8.62. The van der Waals surface area contributed by atoms with Gasteiger partial charge in [0, 0.05) is 0 Å². The second-order valence-electron chi connectivity index (χ2n) is 4.53. The Morgan fingerprint density at radius 1 is 1.47 bits per heavy atom. The zero-order valence-electron chi connectivity index (χ0n) is 10.9. The van der Waals surface area contributed by atoms with Crippen LogP contribution in [0.4, 0.5) is 0 Å². The third-order valence-corrected chi connectivity index (χ3v) is 4.99. The van der Waals surface area contributed by atoms with Crippen molar-refractivity contribution in [3.05, 3.63) is 28.8 Å². The van der Waals surface area contributed by atoms with Gasteiger partial charge in [-0.3, -0.25) is 4.79 Å². The molecule has 1 aromatic rings. The highest BCUT2D eigenvalue weighted by Gasteiger charge is 2.36. The zero-order valence-corrected chi connectivity index (χ0v) is 12.5. The van der Waals surface area contributed by atoms with E-state index < -0.39 is 21.5 Å². The van der Waals surface area contributed by atoms with Gasteiger partial charge in [0.25, 0.3) is 0 Å². The maximum Gasteiger partial charge on any atom is 0.324 e. The maximum atomic E-state index is 12.2.